The van der Waals surface area contributed by atoms with Gasteiger partial charge in [0.25, 0.3) is 0 Å². The molecule has 0 aliphatic rings. The maximum atomic E-state index is 12.1. The molecule has 0 radical (unpaired) electrons. The third-order valence-corrected chi connectivity index (χ3v) is 3.17. The average Bonchev–Trinajstić information content (AvgIpc) is 2.99. The zero-order valence-electron chi connectivity index (χ0n) is 11.0. The van der Waals surface area contributed by atoms with E-state index in [9.17, 15) is 4.79 Å². The van der Waals surface area contributed by atoms with Crippen LogP contribution in [0.3, 0.4) is 0 Å². The van der Waals surface area contributed by atoms with E-state index in [-0.39, 0.29) is 26.6 Å². The summed E-state index contributed by atoms with van der Waals surface area (Å²) in [6.45, 7) is 0. The van der Waals surface area contributed by atoms with Crippen molar-refractivity contribution in [2.24, 2.45) is 7.05 Å². The zero-order chi connectivity index (χ0) is 13.7. The summed E-state index contributed by atoms with van der Waals surface area (Å²) in [5.74, 6) is 0.500. The summed E-state index contributed by atoms with van der Waals surface area (Å²) in [6, 6.07) is 10.7. The SMILES string of the molecule is Cn1cc2[nH]c(=O)c(-c3nc4ccccc4[nH]3)[c-]c2n1.[W]. The fourth-order valence-corrected chi connectivity index (χ4v) is 2.27. The Morgan fingerprint density at radius 2 is 2.00 bits per heavy atom. The van der Waals surface area contributed by atoms with Crippen molar-refractivity contribution in [3.8, 4) is 11.4 Å². The number of aryl methyl sites for hydroxylation is 1. The number of imidazole rings is 1. The molecule has 0 aliphatic carbocycles. The van der Waals surface area contributed by atoms with Crippen molar-refractivity contribution in [3.05, 3.63) is 46.9 Å². The molecule has 0 unspecified atom stereocenters. The molecule has 0 fully saturated rings. The quantitative estimate of drug-likeness (QED) is 0.435. The summed E-state index contributed by atoms with van der Waals surface area (Å²) in [6.07, 6.45) is 1.75. The van der Waals surface area contributed by atoms with Crippen molar-refractivity contribution in [2.45, 2.75) is 0 Å². The van der Waals surface area contributed by atoms with E-state index in [2.05, 4.69) is 26.1 Å². The first-order valence-electron chi connectivity index (χ1n) is 6.15. The molecule has 1 aromatic carbocycles. The minimum Gasteiger partial charge on any atom is -0.399 e. The molecule has 6 nitrogen and oxygen atoms in total. The third-order valence-electron chi connectivity index (χ3n) is 3.17. The van der Waals surface area contributed by atoms with E-state index in [0.717, 1.165) is 11.0 Å². The third kappa shape index (κ3) is 2.21. The Labute approximate surface area is 133 Å². The molecule has 0 saturated carbocycles. The molecule has 2 N–H and O–H groups in total. The maximum Gasteiger partial charge on any atom is 0.165 e. The number of rotatable bonds is 1. The second-order valence-electron chi connectivity index (χ2n) is 4.62. The van der Waals surface area contributed by atoms with Gasteiger partial charge in [-0.25, -0.2) is 0 Å². The van der Waals surface area contributed by atoms with Gasteiger partial charge in [0, 0.05) is 45.3 Å². The van der Waals surface area contributed by atoms with Gasteiger partial charge in [-0.3, -0.25) is 9.67 Å². The Hall–Kier alpha value is -2.20. The van der Waals surface area contributed by atoms with Gasteiger partial charge in [-0.1, -0.05) is 12.1 Å². The van der Waals surface area contributed by atoms with Gasteiger partial charge in [0.05, 0.1) is 16.9 Å². The van der Waals surface area contributed by atoms with Gasteiger partial charge >= 0.3 is 0 Å². The number of para-hydroxylation sites is 2. The summed E-state index contributed by atoms with van der Waals surface area (Å²) in [4.78, 5) is 22.5. The molecule has 104 valence electrons. The van der Waals surface area contributed by atoms with Crippen LogP contribution in [0.5, 0.6) is 0 Å². The first-order chi connectivity index (χ1) is 9.70. The molecule has 3 aromatic heterocycles. The van der Waals surface area contributed by atoms with Crippen LogP contribution in [0.15, 0.2) is 35.3 Å². The van der Waals surface area contributed by atoms with Crippen molar-refractivity contribution in [1.82, 2.24) is 24.7 Å². The number of aromatic amines is 2. The van der Waals surface area contributed by atoms with Gasteiger partial charge in [0.15, 0.2) is 5.56 Å². The minimum atomic E-state index is -0.232. The Kier molecular flexibility index (Phi) is 3.26. The van der Waals surface area contributed by atoms with Crippen molar-refractivity contribution >= 4 is 22.1 Å². The summed E-state index contributed by atoms with van der Waals surface area (Å²) >= 11 is 0. The van der Waals surface area contributed by atoms with Crippen LogP contribution < -0.4 is 5.56 Å². The summed E-state index contributed by atoms with van der Waals surface area (Å²) in [7, 11) is 1.80. The van der Waals surface area contributed by atoms with Crippen LogP contribution in [-0.4, -0.2) is 24.7 Å². The smallest absolute Gasteiger partial charge is 0.165 e. The average molecular weight is 448 g/mol. The fraction of sp³-hybridized carbons (Fsp3) is 0.0714. The number of nitrogens with one attached hydrogen (secondary N) is 2. The molecular weight excluding hydrogens is 438 g/mol. The van der Waals surface area contributed by atoms with Crippen LogP contribution in [0.25, 0.3) is 33.5 Å². The molecule has 0 saturated heterocycles. The molecule has 0 spiro atoms. The largest absolute Gasteiger partial charge is 0.399 e. The van der Waals surface area contributed by atoms with Crippen LogP contribution >= 0.6 is 0 Å². The molecule has 21 heavy (non-hydrogen) atoms. The summed E-state index contributed by atoms with van der Waals surface area (Å²) < 4.78 is 1.64. The van der Waals surface area contributed by atoms with Crippen LogP contribution in [0.2, 0.25) is 0 Å². The standard InChI is InChI=1S/C14H10N5O.W/c1-19-7-12-11(18-19)6-8(14(20)17-12)13-15-9-4-2-3-5-10(9)16-13;/h2-5,7H,1H3,(H,15,16)(H,17,20);/q-1;. The molecule has 7 heteroatoms. The topological polar surface area (TPSA) is 79.4 Å². The second kappa shape index (κ2) is 4.97. The predicted octanol–water partition coefficient (Wildman–Crippen LogP) is 1.60. The first-order valence-corrected chi connectivity index (χ1v) is 6.15. The van der Waals surface area contributed by atoms with Gasteiger partial charge in [0.1, 0.15) is 0 Å². The van der Waals surface area contributed by atoms with Gasteiger partial charge in [0.2, 0.25) is 0 Å². The van der Waals surface area contributed by atoms with Crippen molar-refractivity contribution < 1.29 is 21.1 Å². The Bertz CT molecular complexity index is 964. The van der Waals surface area contributed by atoms with Gasteiger partial charge in [-0.2, -0.15) is 5.10 Å². The van der Waals surface area contributed by atoms with Crippen LogP contribution in [0.1, 0.15) is 0 Å². The normalized spacial score (nSPS) is 10.9. The molecule has 0 amide bonds. The second-order valence-corrected chi connectivity index (χ2v) is 4.62. The Morgan fingerprint density at radius 1 is 1.19 bits per heavy atom. The van der Waals surface area contributed by atoms with E-state index in [1.807, 2.05) is 24.3 Å². The Morgan fingerprint density at radius 3 is 2.81 bits per heavy atom. The van der Waals surface area contributed by atoms with Crippen LogP contribution in [-0.2, 0) is 28.1 Å². The van der Waals surface area contributed by atoms with Gasteiger partial charge < -0.3 is 14.8 Å². The molecule has 4 aromatic rings. The fourth-order valence-electron chi connectivity index (χ4n) is 2.27. The van der Waals surface area contributed by atoms with Gasteiger partial charge in [-0.15, -0.1) is 6.07 Å². The minimum absolute atomic E-state index is 0. The van der Waals surface area contributed by atoms with Crippen LogP contribution in [0.4, 0.5) is 0 Å². The Balaban J connectivity index is 0.00000132. The number of pyridine rings is 1. The number of H-pyrrole nitrogens is 2. The maximum absolute atomic E-state index is 12.1. The number of benzene rings is 1. The molecule has 4 rings (SSSR count). The van der Waals surface area contributed by atoms with Crippen molar-refractivity contribution in [3.63, 3.8) is 0 Å². The zero-order valence-corrected chi connectivity index (χ0v) is 14.0. The van der Waals surface area contributed by atoms with Gasteiger partial charge in [-0.05, 0) is 17.7 Å². The predicted molar refractivity (Wildman–Crippen MR) is 75.3 cm³/mol. The number of hydrogen-bond acceptors (Lipinski definition) is 3. The first kappa shape index (κ1) is 13.8. The van der Waals surface area contributed by atoms with E-state index in [0.29, 0.717) is 22.4 Å². The number of hydrogen-bond donors (Lipinski definition) is 2. The van der Waals surface area contributed by atoms with E-state index in [1.165, 1.54) is 0 Å². The van der Waals surface area contributed by atoms with Crippen LogP contribution in [0, 0.1) is 6.07 Å². The molecule has 0 aliphatic heterocycles. The van der Waals surface area contributed by atoms with E-state index >= 15 is 0 Å². The number of nitrogens with zero attached hydrogens (tertiary/aromatic N) is 3. The molecule has 0 atom stereocenters. The summed E-state index contributed by atoms with van der Waals surface area (Å²) in [5, 5.41) is 4.24. The molecule has 3 heterocycles. The molecular formula is C14H10N5OW-. The summed E-state index contributed by atoms with van der Waals surface area (Å²) in [5.41, 5.74) is 3.12. The molecule has 0 bridgehead atoms. The van der Waals surface area contributed by atoms with E-state index < -0.39 is 0 Å². The number of aromatic nitrogens is 5. The van der Waals surface area contributed by atoms with Crippen molar-refractivity contribution in [1.29, 1.82) is 0 Å². The number of fused-ring (bicyclic) bond motifs is 2. The monoisotopic (exact) mass is 448 g/mol. The van der Waals surface area contributed by atoms with E-state index in [1.54, 1.807) is 17.9 Å². The van der Waals surface area contributed by atoms with Crippen molar-refractivity contribution in [2.75, 3.05) is 0 Å². The van der Waals surface area contributed by atoms with E-state index in [4.69, 9.17) is 0 Å².